The number of esters is 1. The van der Waals surface area contributed by atoms with Gasteiger partial charge in [-0.15, -0.1) is 0 Å². The minimum atomic E-state index is -0.741. The molecular formula is C25H29ClN4O4. The third kappa shape index (κ3) is 6.35. The van der Waals surface area contributed by atoms with Crippen LogP contribution in [0.1, 0.15) is 37.8 Å². The maximum absolute atomic E-state index is 13.4. The molecule has 3 rings (SSSR count). The Labute approximate surface area is 203 Å². The highest BCUT2D eigenvalue weighted by molar-refractivity contribution is 6.30. The Morgan fingerprint density at radius 1 is 1.06 bits per heavy atom. The number of methoxy groups -OCH3 is 1. The van der Waals surface area contributed by atoms with Crippen LogP contribution in [0.5, 0.6) is 0 Å². The summed E-state index contributed by atoms with van der Waals surface area (Å²) < 4.78 is 7.06. The predicted octanol–water partition coefficient (Wildman–Crippen LogP) is 4.00. The SMILES string of the molecule is CCCCc1ccc(Nc2nc(=O)n(C[C@H](C)C(=O)OC)c(=O)n2Cc2ccc(Cl)cc2)cc1. The van der Waals surface area contributed by atoms with Crippen molar-refractivity contribution in [3.05, 3.63) is 85.6 Å². The molecule has 0 radical (unpaired) electrons. The predicted molar refractivity (Wildman–Crippen MR) is 133 cm³/mol. The molecular weight excluding hydrogens is 456 g/mol. The second kappa shape index (κ2) is 11.7. The molecule has 1 heterocycles. The van der Waals surface area contributed by atoms with Gasteiger partial charge >= 0.3 is 17.3 Å². The van der Waals surface area contributed by atoms with Crippen molar-refractivity contribution in [2.45, 2.75) is 46.2 Å². The fraction of sp³-hybridized carbons (Fsp3) is 0.360. The summed E-state index contributed by atoms with van der Waals surface area (Å²) in [5, 5.41) is 3.68. The lowest BCUT2D eigenvalue weighted by Gasteiger charge is -2.17. The Morgan fingerprint density at radius 2 is 1.71 bits per heavy atom. The van der Waals surface area contributed by atoms with Gasteiger partial charge in [-0.2, -0.15) is 4.98 Å². The highest BCUT2D eigenvalue weighted by Gasteiger charge is 2.20. The number of nitrogens with zero attached hydrogens (tertiary/aromatic N) is 3. The third-order valence-electron chi connectivity index (χ3n) is 5.49. The van der Waals surface area contributed by atoms with E-state index in [2.05, 4.69) is 17.2 Å². The van der Waals surface area contributed by atoms with Gasteiger partial charge in [0.1, 0.15) is 0 Å². The second-order valence-corrected chi connectivity index (χ2v) is 8.61. The van der Waals surface area contributed by atoms with E-state index in [-0.39, 0.29) is 19.0 Å². The van der Waals surface area contributed by atoms with Crippen LogP contribution in [0.15, 0.2) is 58.1 Å². The number of anilines is 2. The molecule has 0 fully saturated rings. The fourth-order valence-electron chi connectivity index (χ4n) is 3.51. The fourth-order valence-corrected chi connectivity index (χ4v) is 3.64. The largest absolute Gasteiger partial charge is 0.469 e. The van der Waals surface area contributed by atoms with Gasteiger partial charge in [0.15, 0.2) is 0 Å². The Morgan fingerprint density at radius 3 is 2.32 bits per heavy atom. The molecule has 0 bridgehead atoms. The van der Waals surface area contributed by atoms with Gasteiger partial charge in [-0.1, -0.05) is 56.1 Å². The molecule has 180 valence electrons. The van der Waals surface area contributed by atoms with Gasteiger partial charge in [-0.05, 0) is 48.2 Å². The van der Waals surface area contributed by atoms with Crippen molar-refractivity contribution in [1.82, 2.24) is 14.1 Å². The third-order valence-corrected chi connectivity index (χ3v) is 5.74. The molecule has 0 aliphatic rings. The number of carbonyl (C=O) groups is 1. The monoisotopic (exact) mass is 484 g/mol. The average molecular weight is 485 g/mol. The molecule has 2 aromatic carbocycles. The molecule has 0 saturated carbocycles. The number of carbonyl (C=O) groups excluding carboxylic acids is 1. The van der Waals surface area contributed by atoms with Gasteiger partial charge in [0.2, 0.25) is 5.95 Å². The van der Waals surface area contributed by atoms with Crippen molar-refractivity contribution in [3.8, 4) is 0 Å². The number of halogens is 1. The lowest BCUT2D eigenvalue weighted by Crippen LogP contribution is -2.44. The number of aromatic nitrogens is 3. The molecule has 1 aromatic heterocycles. The minimum absolute atomic E-state index is 0.119. The van der Waals surface area contributed by atoms with Crippen LogP contribution in [-0.2, 0) is 29.0 Å². The summed E-state index contributed by atoms with van der Waals surface area (Å²) in [7, 11) is 1.26. The van der Waals surface area contributed by atoms with Gasteiger partial charge in [0, 0.05) is 17.3 Å². The second-order valence-electron chi connectivity index (χ2n) is 8.17. The van der Waals surface area contributed by atoms with Crippen molar-refractivity contribution in [1.29, 1.82) is 0 Å². The van der Waals surface area contributed by atoms with E-state index in [9.17, 15) is 14.4 Å². The highest BCUT2D eigenvalue weighted by Crippen LogP contribution is 2.17. The van der Waals surface area contributed by atoms with Crippen molar-refractivity contribution in [2.75, 3.05) is 12.4 Å². The molecule has 0 spiro atoms. The van der Waals surface area contributed by atoms with E-state index in [0.717, 1.165) is 29.4 Å². The number of hydrogen-bond acceptors (Lipinski definition) is 6. The van der Waals surface area contributed by atoms with Crippen molar-refractivity contribution < 1.29 is 9.53 Å². The minimum Gasteiger partial charge on any atom is -0.469 e. The summed E-state index contributed by atoms with van der Waals surface area (Å²) in [5.74, 6) is -1.08. The summed E-state index contributed by atoms with van der Waals surface area (Å²) >= 11 is 5.99. The molecule has 0 saturated heterocycles. The summed E-state index contributed by atoms with van der Waals surface area (Å²) in [6.45, 7) is 3.76. The number of unbranched alkanes of at least 4 members (excludes halogenated alkanes) is 1. The molecule has 0 aliphatic carbocycles. The maximum atomic E-state index is 13.4. The van der Waals surface area contributed by atoms with Crippen LogP contribution >= 0.6 is 11.6 Å². The van der Waals surface area contributed by atoms with Gasteiger partial charge in [-0.25, -0.2) is 14.2 Å². The van der Waals surface area contributed by atoms with Crippen LogP contribution in [0, 0.1) is 5.92 Å². The van der Waals surface area contributed by atoms with E-state index in [1.807, 2.05) is 24.3 Å². The zero-order chi connectivity index (χ0) is 24.7. The number of rotatable bonds is 10. The van der Waals surface area contributed by atoms with E-state index in [4.69, 9.17) is 16.3 Å². The summed E-state index contributed by atoms with van der Waals surface area (Å²) in [6.07, 6.45) is 3.22. The lowest BCUT2D eigenvalue weighted by molar-refractivity contribution is -0.145. The van der Waals surface area contributed by atoms with Crippen molar-refractivity contribution in [3.63, 3.8) is 0 Å². The van der Waals surface area contributed by atoms with Crippen LogP contribution in [0.3, 0.4) is 0 Å². The highest BCUT2D eigenvalue weighted by atomic mass is 35.5. The summed E-state index contributed by atoms with van der Waals surface area (Å²) in [6, 6.07) is 14.9. The van der Waals surface area contributed by atoms with Crippen LogP contribution in [0.4, 0.5) is 11.6 Å². The van der Waals surface area contributed by atoms with E-state index >= 15 is 0 Å². The number of ether oxygens (including phenoxy) is 1. The van der Waals surface area contributed by atoms with Gasteiger partial charge in [-0.3, -0.25) is 9.36 Å². The molecule has 1 N–H and O–H groups in total. The van der Waals surface area contributed by atoms with Gasteiger partial charge < -0.3 is 10.1 Å². The van der Waals surface area contributed by atoms with E-state index in [1.165, 1.54) is 17.2 Å². The Hall–Kier alpha value is -3.39. The lowest BCUT2D eigenvalue weighted by atomic mass is 10.1. The number of aryl methyl sites for hydroxylation is 1. The molecule has 0 unspecified atom stereocenters. The summed E-state index contributed by atoms with van der Waals surface area (Å²) in [4.78, 5) is 42.1. The van der Waals surface area contributed by atoms with Gasteiger partial charge in [0.25, 0.3) is 0 Å². The quantitative estimate of drug-likeness (QED) is 0.437. The standard InChI is InChI=1S/C25H29ClN4O4/c1-4-5-6-18-9-13-21(14-10-18)27-23-28-24(32)30(15-17(2)22(31)34-3)25(33)29(23)16-19-7-11-20(26)12-8-19/h7-14,17H,4-6,15-16H2,1-3H3,(H,27,28,32)/t17-/m0/s1. The Kier molecular flexibility index (Phi) is 8.65. The van der Waals surface area contributed by atoms with Crippen LogP contribution in [0.25, 0.3) is 0 Å². The van der Waals surface area contributed by atoms with Crippen molar-refractivity contribution in [2.24, 2.45) is 5.92 Å². The number of benzene rings is 2. The first-order chi connectivity index (χ1) is 16.3. The Bertz CT molecular complexity index is 1230. The van der Waals surface area contributed by atoms with E-state index in [1.54, 1.807) is 31.2 Å². The smallest absolute Gasteiger partial charge is 0.354 e. The molecule has 0 amide bonds. The normalized spacial score (nSPS) is 11.8. The van der Waals surface area contributed by atoms with Crippen molar-refractivity contribution >= 4 is 29.2 Å². The zero-order valence-corrected chi connectivity index (χ0v) is 20.3. The average Bonchev–Trinajstić information content (AvgIpc) is 2.84. The molecule has 8 nitrogen and oxygen atoms in total. The zero-order valence-electron chi connectivity index (χ0n) is 19.6. The molecule has 34 heavy (non-hydrogen) atoms. The van der Waals surface area contributed by atoms with Crippen LogP contribution in [0.2, 0.25) is 5.02 Å². The number of nitrogens with one attached hydrogen (secondary N) is 1. The number of hydrogen-bond donors (Lipinski definition) is 1. The topological polar surface area (TPSA) is 95.2 Å². The van der Waals surface area contributed by atoms with E-state index < -0.39 is 23.3 Å². The first-order valence-corrected chi connectivity index (χ1v) is 11.6. The maximum Gasteiger partial charge on any atom is 0.354 e. The summed E-state index contributed by atoms with van der Waals surface area (Å²) in [5.41, 5.74) is 1.41. The van der Waals surface area contributed by atoms with Crippen LogP contribution in [-0.4, -0.2) is 27.2 Å². The van der Waals surface area contributed by atoms with Crippen LogP contribution < -0.4 is 16.7 Å². The van der Waals surface area contributed by atoms with E-state index in [0.29, 0.717) is 10.7 Å². The molecule has 1 atom stereocenters. The molecule has 3 aromatic rings. The van der Waals surface area contributed by atoms with Gasteiger partial charge in [0.05, 0.1) is 19.6 Å². The first kappa shape index (κ1) is 25.2. The molecule has 9 heteroatoms. The molecule has 0 aliphatic heterocycles. The Balaban J connectivity index is 1.99. The first-order valence-electron chi connectivity index (χ1n) is 11.2.